The average molecular weight is 692 g/mol. The van der Waals surface area contributed by atoms with Crippen molar-refractivity contribution in [2.45, 2.75) is 19.3 Å². The molecule has 11 rings (SSSR count). The third kappa shape index (κ3) is 4.48. The lowest BCUT2D eigenvalue weighted by Gasteiger charge is -2.29. The molecule has 256 valence electrons. The fourth-order valence-corrected chi connectivity index (χ4v) is 9.17. The van der Waals surface area contributed by atoms with Gasteiger partial charge in [-0.2, -0.15) is 0 Å². The zero-order chi connectivity index (χ0) is 36.0. The highest BCUT2D eigenvalue weighted by molar-refractivity contribution is 6.16. The number of para-hydroxylation sites is 3. The highest BCUT2D eigenvalue weighted by Gasteiger charge is 2.37. The van der Waals surface area contributed by atoms with Crippen LogP contribution in [-0.4, -0.2) is 4.57 Å². The van der Waals surface area contributed by atoms with Crippen LogP contribution in [0.4, 0.5) is 34.1 Å². The van der Waals surface area contributed by atoms with Crippen molar-refractivity contribution >= 4 is 55.9 Å². The minimum Gasteiger partial charge on any atom is -0.310 e. The highest BCUT2D eigenvalue weighted by Crippen LogP contribution is 2.53. The number of benzene rings is 8. The minimum atomic E-state index is -0.138. The molecule has 8 aromatic carbocycles. The summed E-state index contributed by atoms with van der Waals surface area (Å²) in [5.74, 6) is 0. The summed E-state index contributed by atoms with van der Waals surface area (Å²) in [6.07, 6.45) is 0. The van der Waals surface area contributed by atoms with Crippen molar-refractivity contribution < 1.29 is 0 Å². The van der Waals surface area contributed by atoms with Crippen LogP contribution in [0.25, 0.3) is 49.7 Å². The Morgan fingerprint density at radius 2 is 0.870 bits per heavy atom. The topological polar surface area (TPSA) is 11.4 Å². The van der Waals surface area contributed by atoms with Gasteiger partial charge in [-0.05, 0) is 124 Å². The molecule has 0 saturated carbocycles. The zero-order valence-electron chi connectivity index (χ0n) is 30.2. The number of nitrogens with zero attached hydrogens (tertiary/aromatic N) is 3. The molecule has 0 spiro atoms. The van der Waals surface area contributed by atoms with E-state index in [1.54, 1.807) is 0 Å². The number of hydrogen-bond acceptors (Lipinski definition) is 2. The lowest BCUT2D eigenvalue weighted by Crippen LogP contribution is -2.16. The summed E-state index contributed by atoms with van der Waals surface area (Å²) >= 11 is 0. The van der Waals surface area contributed by atoms with E-state index in [1.807, 2.05) is 0 Å². The maximum absolute atomic E-state index is 2.48. The molecule has 2 heterocycles. The number of rotatable bonds is 3. The maximum atomic E-state index is 2.48. The molecule has 0 fully saturated rings. The van der Waals surface area contributed by atoms with Gasteiger partial charge < -0.3 is 14.4 Å². The molecule has 3 heteroatoms. The molecule has 1 aliphatic carbocycles. The Morgan fingerprint density at radius 3 is 1.54 bits per heavy atom. The zero-order valence-corrected chi connectivity index (χ0v) is 30.2. The van der Waals surface area contributed by atoms with Gasteiger partial charge in [-0.3, -0.25) is 0 Å². The van der Waals surface area contributed by atoms with E-state index in [0.29, 0.717) is 0 Å². The Labute approximate surface area is 315 Å². The van der Waals surface area contributed by atoms with Crippen LogP contribution in [0.1, 0.15) is 25.0 Å². The lowest BCUT2D eigenvalue weighted by molar-refractivity contribution is 0.660. The normalized spacial score (nSPS) is 13.8. The predicted octanol–water partition coefficient (Wildman–Crippen LogP) is 14.0. The van der Waals surface area contributed by atoms with Crippen LogP contribution in [0.3, 0.4) is 0 Å². The van der Waals surface area contributed by atoms with Crippen LogP contribution in [0, 0.1) is 0 Å². The van der Waals surface area contributed by atoms with Gasteiger partial charge in [-0.25, -0.2) is 0 Å². The van der Waals surface area contributed by atoms with Crippen molar-refractivity contribution in [1.82, 2.24) is 4.57 Å². The van der Waals surface area contributed by atoms with Crippen LogP contribution < -0.4 is 9.80 Å². The maximum Gasteiger partial charge on any atom is 0.0562 e. The van der Waals surface area contributed by atoms with E-state index in [0.717, 1.165) is 39.8 Å². The number of anilines is 6. The SMILES string of the molecule is CC1(C)c2ccc3cc2-c2cc(ccc21)N(c1cccc2c1c1ccccc1n2-c1ccccc1)c1cccc(c1)-c1cccc(c1)N3c1ccccc1. The van der Waals surface area contributed by atoms with E-state index in [9.17, 15) is 0 Å². The van der Waals surface area contributed by atoms with Gasteiger partial charge in [0.2, 0.25) is 0 Å². The van der Waals surface area contributed by atoms with Crippen LogP contribution in [0.5, 0.6) is 0 Å². The first-order valence-corrected chi connectivity index (χ1v) is 18.8. The predicted molar refractivity (Wildman–Crippen MR) is 227 cm³/mol. The van der Waals surface area contributed by atoms with E-state index >= 15 is 0 Å². The molecule has 0 N–H and O–H groups in total. The van der Waals surface area contributed by atoms with Gasteiger partial charge in [0, 0.05) is 50.3 Å². The summed E-state index contributed by atoms with van der Waals surface area (Å²) in [5, 5.41) is 2.46. The van der Waals surface area contributed by atoms with E-state index in [-0.39, 0.29) is 5.41 Å². The Morgan fingerprint density at radius 1 is 0.370 bits per heavy atom. The summed E-state index contributed by atoms with van der Waals surface area (Å²) in [4.78, 5) is 4.87. The van der Waals surface area contributed by atoms with E-state index in [4.69, 9.17) is 0 Å². The fraction of sp³-hybridized carbons (Fsp3) is 0.0588. The summed E-state index contributed by atoms with van der Waals surface area (Å²) in [5.41, 5.74) is 17.8. The summed E-state index contributed by atoms with van der Waals surface area (Å²) in [6.45, 7) is 4.73. The second-order valence-electron chi connectivity index (χ2n) is 15.1. The smallest absolute Gasteiger partial charge is 0.0562 e. The van der Waals surface area contributed by atoms with E-state index < -0.39 is 0 Å². The van der Waals surface area contributed by atoms with E-state index in [1.165, 1.54) is 55.2 Å². The minimum absolute atomic E-state index is 0.138. The third-order valence-electron chi connectivity index (χ3n) is 11.6. The molecule has 9 aromatic rings. The van der Waals surface area contributed by atoms with Crippen LogP contribution in [0.2, 0.25) is 0 Å². The molecule has 0 unspecified atom stereocenters. The molecule has 54 heavy (non-hydrogen) atoms. The fourth-order valence-electron chi connectivity index (χ4n) is 9.17. The second-order valence-corrected chi connectivity index (χ2v) is 15.1. The molecule has 0 amide bonds. The van der Waals surface area contributed by atoms with Crippen molar-refractivity contribution in [3.05, 3.63) is 199 Å². The number of hydrogen-bond donors (Lipinski definition) is 0. The lowest BCUT2D eigenvalue weighted by atomic mass is 9.82. The van der Waals surface area contributed by atoms with Crippen LogP contribution in [0.15, 0.2) is 188 Å². The van der Waals surface area contributed by atoms with Gasteiger partial charge in [-0.1, -0.05) is 111 Å². The van der Waals surface area contributed by atoms with Crippen LogP contribution >= 0.6 is 0 Å². The Kier molecular flexibility index (Phi) is 6.60. The molecule has 1 aliphatic heterocycles. The van der Waals surface area contributed by atoms with Crippen molar-refractivity contribution in [2.75, 3.05) is 9.80 Å². The van der Waals surface area contributed by atoms with Gasteiger partial charge >= 0.3 is 0 Å². The van der Waals surface area contributed by atoms with Crippen LogP contribution in [-0.2, 0) is 5.41 Å². The van der Waals surface area contributed by atoms with Gasteiger partial charge in [0.25, 0.3) is 0 Å². The van der Waals surface area contributed by atoms with Gasteiger partial charge in [0.15, 0.2) is 0 Å². The van der Waals surface area contributed by atoms with Gasteiger partial charge in [0.05, 0.1) is 16.7 Å². The van der Waals surface area contributed by atoms with Crippen molar-refractivity contribution in [3.63, 3.8) is 0 Å². The molecule has 8 bridgehead atoms. The Bertz CT molecular complexity index is 2920. The molecule has 1 aromatic heterocycles. The first-order chi connectivity index (χ1) is 26.5. The molecule has 0 radical (unpaired) electrons. The number of aromatic nitrogens is 1. The third-order valence-corrected chi connectivity index (χ3v) is 11.6. The Balaban J connectivity index is 1.23. The molecule has 3 nitrogen and oxygen atoms in total. The summed E-state index contributed by atoms with van der Waals surface area (Å²) < 4.78 is 2.40. The first kappa shape index (κ1) is 30.8. The quantitative estimate of drug-likeness (QED) is 0.183. The average Bonchev–Trinajstić information content (AvgIpc) is 3.67. The molecular formula is C51H37N3. The molecule has 2 aliphatic rings. The van der Waals surface area contributed by atoms with Crippen molar-refractivity contribution in [3.8, 4) is 27.9 Å². The van der Waals surface area contributed by atoms with Crippen molar-refractivity contribution in [2.24, 2.45) is 0 Å². The van der Waals surface area contributed by atoms with E-state index in [2.05, 4.69) is 216 Å². The number of fused-ring (bicyclic) bond motifs is 10. The van der Waals surface area contributed by atoms with Crippen molar-refractivity contribution in [1.29, 1.82) is 0 Å². The standard InChI is InChI=1S/C51H37N3/c1-51(2)45-28-26-40-32-43(45)44-33-41(27-29-46(44)51)53(39-21-12-15-35(31-39)34-14-11-20-38(30-34)52(40)36-16-5-3-6-17-36)48-24-13-25-49-50(48)42-22-9-10-23-47(42)54(49)37-18-7-4-8-19-37/h3-33H,1-2H3. The molecule has 0 saturated heterocycles. The van der Waals surface area contributed by atoms with Gasteiger partial charge in [0.1, 0.15) is 0 Å². The monoisotopic (exact) mass is 691 g/mol. The second kappa shape index (κ2) is 11.6. The first-order valence-electron chi connectivity index (χ1n) is 18.8. The summed E-state index contributed by atoms with van der Waals surface area (Å²) in [7, 11) is 0. The highest BCUT2D eigenvalue weighted by atomic mass is 15.2. The Hall–Kier alpha value is -6.84. The van der Waals surface area contributed by atoms with Gasteiger partial charge in [-0.15, -0.1) is 0 Å². The molecule has 0 atom stereocenters. The largest absolute Gasteiger partial charge is 0.310 e. The molecular weight excluding hydrogens is 655 g/mol. The summed E-state index contributed by atoms with van der Waals surface area (Å²) in [6, 6.07) is 69.3.